The van der Waals surface area contributed by atoms with E-state index in [2.05, 4.69) is 5.32 Å². The molecule has 1 heterocycles. The van der Waals surface area contributed by atoms with Crippen molar-refractivity contribution in [3.8, 4) is 0 Å². The quantitative estimate of drug-likeness (QED) is 0.406. The lowest BCUT2D eigenvalue weighted by atomic mass is 10.1. The normalized spacial score (nSPS) is 15.8. The zero-order valence-electron chi connectivity index (χ0n) is 11.8. The van der Waals surface area contributed by atoms with Crippen molar-refractivity contribution in [2.75, 3.05) is 4.90 Å². The topological polar surface area (TPSA) is 75.5 Å². The first-order chi connectivity index (χ1) is 11.1. The number of anilines is 1. The van der Waals surface area contributed by atoms with Crippen LogP contribution in [0.2, 0.25) is 0 Å². The molecule has 3 rings (SSSR count). The number of benzene rings is 2. The molecule has 0 aromatic heterocycles. The Labute approximate surface area is 137 Å². The predicted molar refractivity (Wildman–Crippen MR) is 90.7 cm³/mol. The first-order valence-electron chi connectivity index (χ1n) is 6.73. The lowest BCUT2D eigenvalue weighted by Gasteiger charge is -2.13. The molecule has 1 N–H and O–H groups in total. The monoisotopic (exact) mass is 325 g/mol. The number of nitro groups is 1. The summed E-state index contributed by atoms with van der Waals surface area (Å²) in [5.74, 6) is -0.348. The molecule has 114 valence electrons. The van der Waals surface area contributed by atoms with E-state index in [9.17, 15) is 14.9 Å². The van der Waals surface area contributed by atoms with Gasteiger partial charge in [-0.15, -0.1) is 0 Å². The van der Waals surface area contributed by atoms with Gasteiger partial charge < -0.3 is 5.32 Å². The fraction of sp³-hybridized carbons (Fsp3) is 0. The molecule has 0 saturated carbocycles. The van der Waals surface area contributed by atoms with Crippen LogP contribution >= 0.6 is 12.2 Å². The molecule has 2 aromatic carbocycles. The molecule has 1 fully saturated rings. The number of nitrogens with one attached hydrogen (secondary N) is 1. The van der Waals surface area contributed by atoms with Crippen molar-refractivity contribution in [1.82, 2.24) is 5.32 Å². The van der Waals surface area contributed by atoms with Crippen LogP contribution in [0, 0.1) is 10.1 Å². The van der Waals surface area contributed by atoms with Crippen LogP contribution in [0.4, 0.5) is 11.4 Å². The van der Waals surface area contributed by atoms with Gasteiger partial charge in [0.1, 0.15) is 5.70 Å². The first kappa shape index (κ1) is 14.9. The average Bonchev–Trinajstić information content (AvgIpc) is 2.82. The summed E-state index contributed by atoms with van der Waals surface area (Å²) in [5, 5.41) is 14.1. The lowest BCUT2D eigenvalue weighted by molar-refractivity contribution is -0.385. The summed E-state index contributed by atoms with van der Waals surface area (Å²) in [4.78, 5) is 24.5. The number of nitro benzene ring substituents is 1. The van der Waals surface area contributed by atoms with Crippen molar-refractivity contribution in [1.29, 1.82) is 0 Å². The minimum absolute atomic E-state index is 0.0707. The summed E-state index contributed by atoms with van der Waals surface area (Å²) in [6, 6.07) is 15.2. The third-order valence-electron chi connectivity index (χ3n) is 3.33. The van der Waals surface area contributed by atoms with E-state index in [4.69, 9.17) is 12.2 Å². The molecular weight excluding hydrogens is 314 g/mol. The standard InChI is InChI=1S/C16H11N3O3S/c20-15-13(10-11-6-4-5-9-14(11)19(21)22)17-16(23)18(15)12-7-2-1-3-8-12/h1-10H,(H,17,23)/b13-10+. The summed E-state index contributed by atoms with van der Waals surface area (Å²) in [5.41, 5.74) is 1.11. The lowest BCUT2D eigenvalue weighted by Crippen LogP contribution is -2.30. The Hall–Kier alpha value is -3.06. The van der Waals surface area contributed by atoms with Gasteiger partial charge in [0.25, 0.3) is 11.6 Å². The maximum absolute atomic E-state index is 12.5. The van der Waals surface area contributed by atoms with Crippen LogP contribution in [0.3, 0.4) is 0 Å². The SMILES string of the molecule is O=C1/C(=C\c2ccccc2[N+](=O)[O-])NC(=S)N1c1ccccc1. The van der Waals surface area contributed by atoms with Crippen LogP contribution in [0.5, 0.6) is 0 Å². The molecule has 0 unspecified atom stereocenters. The molecule has 1 aliphatic heterocycles. The van der Waals surface area contributed by atoms with Gasteiger partial charge in [0, 0.05) is 6.07 Å². The van der Waals surface area contributed by atoms with Crippen LogP contribution < -0.4 is 10.2 Å². The predicted octanol–water partition coefficient (Wildman–Crippen LogP) is 2.86. The third kappa shape index (κ3) is 2.82. The summed E-state index contributed by atoms with van der Waals surface area (Å²) in [6.07, 6.45) is 1.44. The van der Waals surface area contributed by atoms with E-state index >= 15 is 0 Å². The zero-order valence-corrected chi connectivity index (χ0v) is 12.6. The summed E-state index contributed by atoms with van der Waals surface area (Å²) < 4.78 is 0. The minimum Gasteiger partial charge on any atom is -0.327 e. The van der Waals surface area contributed by atoms with Gasteiger partial charge in [-0.05, 0) is 36.5 Å². The number of para-hydroxylation sites is 2. The maximum atomic E-state index is 12.5. The number of rotatable bonds is 3. The van der Waals surface area contributed by atoms with Crippen molar-refractivity contribution in [3.05, 3.63) is 76.0 Å². The van der Waals surface area contributed by atoms with E-state index in [0.29, 0.717) is 11.3 Å². The van der Waals surface area contributed by atoms with Crippen molar-refractivity contribution in [2.45, 2.75) is 0 Å². The number of carbonyl (C=O) groups is 1. The Bertz CT molecular complexity index is 833. The molecular formula is C16H11N3O3S. The van der Waals surface area contributed by atoms with Crippen LogP contribution in [0.1, 0.15) is 5.56 Å². The molecule has 0 radical (unpaired) electrons. The van der Waals surface area contributed by atoms with Gasteiger partial charge in [-0.2, -0.15) is 0 Å². The van der Waals surface area contributed by atoms with Gasteiger partial charge in [0.2, 0.25) is 0 Å². The van der Waals surface area contributed by atoms with Crippen LogP contribution in [-0.2, 0) is 4.79 Å². The number of carbonyl (C=O) groups excluding carboxylic acids is 1. The molecule has 0 atom stereocenters. The average molecular weight is 325 g/mol. The molecule has 0 aliphatic carbocycles. The second kappa shape index (κ2) is 5.98. The maximum Gasteiger partial charge on any atom is 0.281 e. The van der Waals surface area contributed by atoms with Crippen molar-refractivity contribution in [3.63, 3.8) is 0 Å². The molecule has 23 heavy (non-hydrogen) atoms. The van der Waals surface area contributed by atoms with E-state index in [1.807, 2.05) is 6.07 Å². The molecule has 1 amide bonds. The Morgan fingerprint density at radius 2 is 1.74 bits per heavy atom. The fourth-order valence-electron chi connectivity index (χ4n) is 2.28. The largest absolute Gasteiger partial charge is 0.327 e. The zero-order chi connectivity index (χ0) is 16.4. The number of hydrogen-bond donors (Lipinski definition) is 1. The van der Waals surface area contributed by atoms with Crippen LogP contribution in [-0.4, -0.2) is 15.9 Å². The molecule has 1 aliphatic rings. The highest BCUT2D eigenvalue weighted by molar-refractivity contribution is 7.80. The van der Waals surface area contributed by atoms with Gasteiger partial charge >= 0.3 is 0 Å². The Balaban J connectivity index is 1.99. The third-order valence-corrected chi connectivity index (χ3v) is 3.61. The summed E-state index contributed by atoms with van der Waals surface area (Å²) >= 11 is 5.20. The van der Waals surface area contributed by atoms with Gasteiger partial charge in [-0.25, -0.2) is 0 Å². The highest BCUT2D eigenvalue weighted by atomic mass is 32.1. The van der Waals surface area contributed by atoms with Crippen molar-refractivity contribution < 1.29 is 9.72 Å². The highest BCUT2D eigenvalue weighted by Gasteiger charge is 2.32. The molecule has 0 spiro atoms. The van der Waals surface area contributed by atoms with Crippen molar-refractivity contribution >= 4 is 40.7 Å². The summed E-state index contributed by atoms with van der Waals surface area (Å²) in [6.45, 7) is 0. The number of thiocarbonyl (C=S) groups is 1. The van der Waals surface area contributed by atoms with Gasteiger partial charge in [0.15, 0.2) is 5.11 Å². The van der Waals surface area contributed by atoms with Gasteiger partial charge in [-0.1, -0.05) is 30.3 Å². The Morgan fingerprint density at radius 1 is 1.09 bits per heavy atom. The van der Waals surface area contributed by atoms with E-state index in [1.165, 1.54) is 17.0 Å². The molecule has 2 aromatic rings. The number of nitrogens with zero attached hydrogens (tertiary/aromatic N) is 2. The van der Waals surface area contributed by atoms with E-state index in [-0.39, 0.29) is 22.4 Å². The summed E-state index contributed by atoms with van der Waals surface area (Å²) in [7, 11) is 0. The first-order valence-corrected chi connectivity index (χ1v) is 7.14. The Morgan fingerprint density at radius 3 is 2.43 bits per heavy atom. The van der Waals surface area contributed by atoms with Crippen molar-refractivity contribution in [2.24, 2.45) is 0 Å². The fourth-order valence-corrected chi connectivity index (χ4v) is 2.58. The van der Waals surface area contributed by atoms with Gasteiger partial charge in [-0.3, -0.25) is 19.8 Å². The van der Waals surface area contributed by atoms with E-state index < -0.39 is 4.92 Å². The smallest absolute Gasteiger partial charge is 0.281 e. The van der Waals surface area contributed by atoms with Gasteiger partial charge in [0.05, 0.1) is 16.2 Å². The molecule has 7 heteroatoms. The minimum atomic E-state index is -0.487. The highest BCUT2D eigenvalue weighted by Crippen LogP contribution is 2.25. The number of amides is 1. The van der Waals surface area contributed by atoms with Crippen LogP contribution in [0.25, 0.3) is 6.08 Å². The van der Waals surface area contributed by atoms with E-state index in [1.54, 1.807) is 42.5 Å². The second-order valence-corrected chi connectivity index (χ2v) is 5.17. The Kier molecular flexibility index (Phi) is 3.86. The molecule has 6 nitrogen and oxygen atoms in total. The van der Waals surface area contributed by atoms with E-state index in [0.717, 1.165) is 0 Å². The van der Waals surface area contributed by atoms with Crippen LogP contribution in [0.15, 0.2) is 60.3 Å². The molecule has 0 bridgehead atoms. The second-order valence-electron chi connectivity index (χ2n) is 4.78. The number of hydrogen-bond acceptors (Lipinski definition) is 4. The molecule has 1 saturated heterocycles.